The Bertz CT molecular complexity index is 1060. The number of carbonyl (C=O) groups is 2. The fourth-order valence-electron chi connectivity index (χ4n) is 3.42. The molecule has 0 radical (unpaired) electrons. The summed E-state index contributed by atoms with van der Waals surface area (Å²) in [5, 5.41) is 7.25. The summed E-state index contributed by atoms with van der Waals surface area (Å²) in [5.74, 6) is 0.732. The summed E-state index contributed by atoms with van der Waals surface area (Å²) in [7, 11) is 1.57. The molecular weight excluding hydrogens is 370 g/mol. The molecule has 2 heterocycles. The van der Waals surface area contributed by atoms with Crippen LogP contribution >= 0.6 is 0 Å². The fourth-order valence-corrected chi connectivity index (χ4v) is 3.42. The van der Waals surface area contributed by atoms with Crippen LogP contribution in [0.5, 0.6) is 5.75 Å². The third-order valence-corrected chi connectivity index (χ3v) is 4.78. The summed E-state index contributed by atoms with van der Waals surface area (Å²) in [6, 6.07) is 5.25. The van der Waals surface area contributed by atoms with E-state index in [1.54, 1.807) is 30.0 Å². The number of hydrogen-bond acceptors (Lipinski definition) is 5. The van der Waals surface area contributed by atoms with Crippen LogP contribution in [0.4, 0.5) is 5.95 Å². The third-order valence-electron chi connectivity index (χ3n) is 4.78. The Morgan fingerprint density at radius 2 is 1.93 bits per heavy atom. The maximum Gasteiger partial charge on any atom is 0.276 e. The zero-order valence-electron chi connectivity index (χ0n) is 17.6. The average Bonchev–Trinajstić information content (AvgIpc) is 3.27. The molecule has 0 bridgehead atoms. The number of Topliss-reactive ketones (excluding diaryl/α,β-unsaturated/α-hetero) is 1. The first-order valence-electron chi connectivity index (χ1n) is 9.90. The summed E-state index contributed by atoms with van der Waals surface area (Å²) in [6.07, 6.45) is 1.24. The van der Waals surface area contributed by atoms with Crippen molar-refractivity contribution in [1.29, 1.82) is 0 Å². The van der Waals surface area contributed by atoms with Gasteiger partial charge in [0, 0.05) is 25.1 Å². The molecule has 1 amide bonds. The molecule has 0 atom stereocenters. The van der Waals surface area contributed by atoms with E-state index in [2.05, 4.69) is 22.3 Å². The highest BCUT2D eigenvalue weighted by Gasteiger charge is 2.21. The number of hydrogen-bond donors (Lipinski definition) is 1. The molecule has 1 aromatic carbocycles. The number of benzene rings is 1. The minimum Gasteiger partial charge on any atom is -0.494 e. The molecule has 0 unspecified atom stereocenters. The lowest BCUT2D eigenvalue weighted by atomic mass is 10.1. The number of methoxy groups -OCH3 is 1. The van der Waals surface area contributed by atoms with Crippen molar-refractivity contribution < 1.29 is 14.3 Å². The summed E-state index contributed by atoms with van der Waals surface area (Å²) in [6.45, 7) is 8.90. The smallest absolute Gasteiger partial charge is 0.276 e. The molecular formula is C21H27N5O3. The number of imidazole rings is 1. The molecule has 0 fully saturated rings. The molecule has 0 aliphatic carbocycles. The van der Waals surface area contributed by atoms with Crippen LogP contribution in [-0.2, 0) is 13.1 Å². The lowest BCUT2D eigenvalue weighted by Gasteiger charge is -2.12. The monoisotopic (exact) mass is 397 g/mol. The SMILES string of the molecule is CCCn1c(NC(=O)c2cc(C)nn2CC)nc2cc(C(=O)CC)cc(OC)c21. The molecule has 0 spiro atoms. The summed E-state index contributed by atoms with van der Waals surface area (Å²) in [5.41, 5.74) is 3.19. The van der Waals surface area contributed by atoms with E-state index in [0.717, 1.165) is 17.6 Å². The molecule has 8 nitrogen and oxygen atoms in total. The van der Waals surface area contributed by atoms with Crippen LogP contribution in [0, 0.1) is 6.92 Å². The Morgan fingerprint density at radius 1 is 1.17 bits per heavy atom. The van der Waals surface area contributed by atoms with Gasteiger partial charge in [-0.2, -0.15) is 5.10 Å². The van der Waals surface area contributed by atoms with Crippen LogP contribution in [0.25, 0.3) is 11.0 Å². The molecule has 3 aromatic rings. The highest BCUT2D eigenvalue weighted by molar-refractivity contribution is 6.04. The molecule has 0 aliphatic heterocycles. The number of nitrogens with one attached hydrogen (secondary N) is 1. The van der Waals surface area contributed by atoms with Gasteiger partial charge in [-0.05, 0) is 38.5 Å². The summed E-state index contributed by atoms with van der Waals surface area (Å²) >= 11 is 0. The van der Waals surface area contributed by atoms with Crippen molar-refractivity contribution in [3.8, 4) is 5.75 Å². The lowest BCUT2D eigenvalue weighted by molar-refractivity contribution is 0.0985. The normalized spacial score (nSPS) is 11.1. The van der Waals surface area contributed by atoms with E-state index in [-0.39, 0.29) is 11.7 Å². The fraction of sp³-hybridized carbons (Fsp3) is 0.429. The first-order valence-corrected chi connectivity index (χ1v) is 9.90. The van der Waals surface area contributed by atoms with Gasteiger partial charge in [0.2, 0.25) is 5.95 Å². The number of aromatic nitrogens is 4. The number of nitrogens with zero attached hydrogens (tertiary/aromatic N) is 4. The number of rotatable bonds is 8. The van der Waals surface area contributed by atoms with Gasteiger partial charge >= 0.3 is 0 Å². The minimum atomic E-state index is -0.274. The Labute approximate surface area is 169 Å². The van der Waals surface area contributed by atoms with Gasteiger partial charge < -0.3 is 9.30 Å². The van der Waals surface area contributed by atoms with Gasteiger partial charge in [-0.3, -0.25) is 19.6 Å². The Morgan fingerprint density at radius 3 is 2.55 bits per heavy atom. The molecule has 0 saturated heterocycles. The van der Waals surface area contributed by atoms with E-state index in [1.807, 2.05) is 25.3 Å². The van der Waals surface area contributed by atoms with Crippen molar-refractivity contribution in [3.05, 3.63) is 35.2 Å². The standard InChI is InChI=1S/C21H27N5O3/c1-6-9-25-19-15(11-14(17(27)7-2)12-18(19)29-5)22-21(25)23-20(28)16-10-13(4)24-26(16)8-3/h10-12H,6-9H2,1-5H3,(H,22,23,28). The topological polar surface area (TPSA) is 91.0 Å². The van der Waals surface area contributed by atoms with E-state index >= 15 is 0 Å². The number of anilines is 1. The van der Waals surface area contributed by atoms with Crippen molar-refractivity contribution in [3.63, 3.8) is 0 Å². The highest BCUT2D eigenvalue weighted by atomic mass is 16.5. The molecule has 0 aliphatic rings. The number of ketones is 1. The van der Waals surface area contributed by atoms with Gasteiger partial charge in [0.1, 0.15) is 17.0 Å². The van der Waals surface area contributed by atoms with Gasteiger partial charge in [0.15, 0.2) is 5.78 Å². The molecule has 3 rings (SSSR count). The van der Waals surface area contributed by atoms with E-state index in [9.17, 15) is 9.59 Å². The number of aryl methyl sites for hydroxylation is 3. The average molecular weight is 397 g/mol. The van der Waals surface area contributed by atoms with Crippen molar-refractivity contribution in [2.45, 2.75) is 53.6 Å². The summed E-state index contributed by atoms with van der Waals surface area (Å²) < 4.78 is 9.14. The van der Waals surface area contributed by atoms with E-state index < -0.39 is 0 Å². The highest BCUT2D eigenvalue weighted by Crippen LogP contribution is 2.31. The van der Waals surface area contributed by atoms with Crippen LogP contribution in [0.1, 0.15) is 60.2 Å². The van der Waals surface area contributed by atoms with E-state index in [4.69, 9.17) is 4.74 Å². The molecule has 29 heavy (non-hydrogen) atoms. The Hall–Kier alpha value is -3.16. The van der Waals surface area contributed by atoms with Gasteiger partial charge in [0.05, 0.1) is 18.3 Å². The van der Waals surface area contributed by atoms with Crippen molar-refractivity contribution in [2.75, 3.05) is 12.4 Å². The predicted molar refractivity (Wildman–Crippen MR) is 112 cm³/mol. The van der Waals surface area contributed by atoms with Crippen LogP contribution < -0.4 is 10.1 Å². The Balaban J connectivity index is 2.10. The molecule has 8 heteroatoms. The summed E-state index contributed by atoms with van der Waals surface area (Å²) in [4.78, 5) is 29.7. The second kappa shape index (κ2) is 8.46. The zero-order chi connectivity index (χ0) is 21.1. The number of fused-ring (bicyclic) bond motifs is 1. The van der Waals surface area contributed by atoms with Gasteiger partial charge in [0.25, 0.3) is 5.91 Å². The molecule has 1 N–H and O–H groups in total. The third kappa shape index (κ3) is 3.87. The van der Waals surface area contributed by atoms with Gasteiger partial charge in [-0.1, -0.05) is 13.8 Å². The molecule has 0 saturated carbocycles. The quantitative estimate of drug-likeness (QED) is 0.584. The number of carbonyl (C=O) groups excluding carboxylic acids is 2. The van der Waals surface area contributed by atoms with E-state index in [1.165, 1.54) is 0 Å². The van der Waals surface area contributed by atoms with Crippen LogP contribution in [0.3, 0.4) is 0 Å². The van der Waals surface area contributed by atoms with Gasteiger partial charge in [-0.25, -0.2) is 4.98 Å². The number of ether oxygens (including phenoxy) is 1. The van der Waals surface area contributed by atoms with Crippen LogP contribution in [0.15, 0.2) is 18.2 Å². The zero-order valence-corrected chi connectivity index (χ0v) is 17.6. The largest absolute Gasteiger partial charge is 0.494 e. The van der Waals surface area contributed by atoms with Crippen molar-refractivity contribution in [1.82, 2.24) is 19.3 Å². The van der Waals surface area contributed by atoms with Gasteiger partial charge in [-0.15, -0.1) is 0 Å². The first-order chi connectivity index (χ1) is 13.9. The molecule has 2 aromatic heterocycles. The second-order valence-electron chi connectivity index (χ2n) is 6.85. The van der Waals surface area contributed by atoms with Crippen molar-refractivity contribution in [2.24, 2.45) is 0 Å². The predicted octanol–water partition coefficient (Wildman–Crippen LogP) is 3.82. The lowest BCUT2D eigenvalue weighted by Crippen LogP contribution is -2.20. The minimum absolute atomic E-state index is 0.0168. The first kappa shape index (κ1) is 20.6. The maximum absolute atomic E-state index is 12.9. The van der Waals surface area contributed by atoms with Crippen LogP contribution in [-0.4, -0.2) is 38.1 Å². The maximum atomic E-state index is 12.9. The Kier molecular flexibility index (Phi) is 6.00. The van der Waals surface area contributed by atoms with E-state index in [0.29, 0.717) is 48.0 Å². The molecule has 154 valence electrons. The van der Waals surface area contributed by atoms with Crippen molar-refractivity contribution >= 4 is 28.7 Å². The number of amides is 1. The second-order valence-corrected chi connectivity index (χ2v) is 6.85. The van der Waals surface area contributed by atoms with Crippen LogP contribution in [0.2, 0.25) is 0 Å².